The third kappa shape index (κ3) is 2.96. The van der Waals surface area contributed by atoms with Crippen molar-refractivity contribution in [3.8, 4) is 6.07 Å². The Bertz CT molecular complexity index is 779. The van der Waals surface area contributed by atoms with Crippen molar-refractivity contribution in [1.29, 1.82) is 5.26 Å². The van der Waals surface area contributed by atoms with Gasteiger partial charge in [0.1, 0.15) is 11.2 Å². The molecule has 1 aromatic carbocycles. The summed E-state index contributed by atoms with van der Waals surface area (Å²) in [4.78, 5) is 17.0. The van der Waals surface area contributed by atoms with Gasteiger partial charge in [-0.3, -0.25) is 4.79 Å². The van der Waals surface area contributed by atoms with E-state index in [0.29, 0.717) is 24.4 Å². The number of carbonyl (C=O) groups excluding carboxylic acids is 1. The Morgan fingerprint density at radius 2 is 2.32 bits per heavy atom. The fourth-order valence-corrected chi connectivity index (χ4v) is 3.07. The van der Waals surface area contributed by atoms with Crippen LogP contribution in [0.15, 0.2) is 24.4 Å². The molecule has 0 atom stereocenters. The zero-order chi connectivity index (χ0) is 15.7. The molecule has 1 fully saturated rings. The second kappa shape index (κ2) is 5.67. The highest BCUT2D eigenvalue weighted by atomic mass is 35.5. The Labute approximate surface area is 135 Å². The lowest BCUT2D eigenvalue weighted by Crippen LogP contribution is -2.22. The second-order valence-corrected chi connectivity index (χ2v) is 6.73. The van der Waals surface area contributed by atoms with Gasteiger partial charge in [0.2, 0.25) is 5.91 Å². The lowest BCUT2D eigenvalue weighted by atomic mass is 10.1. The van der Waals surface area contributed by atoms with E-state index in [1.807, 2.05) is 6.07 Å². The van der Waals surface area contributed by atoms with Gasteiger partial charge in [-0.1, -0.05) is 17.7 Å². The van der Waals surface area contributed by atoms with Gasteiger partial charge in [0, 0.05) is 17.5 Å². The highest BCUT2D eigenvalue weighted by Crippen LogP contribution is 2.45. The van der Waals surface area contributed by atoms with Crippen LogP contribution in [0.5, 0.6) is 0 Å². The van der Waals surface area contributed by atoms with Crippen LogP contribution in [0.3, 0.4) is 0 Å². The molecule has 7 heteroatoms. The van der Waals surface area contributed by atoms with E-state index in [2.05, 4.69) is 10.3 Å². The normalized spacial score (nSPS) is 15.1. The van der Waals surface area contributed by atoms with Gasteiger partial charge in [-0.25, -0.2) is 9.37 Å². The number of rotatable bonds is 4. The lowest BCUT2D eigenvalue weighted by molar-refractivity contribution is -0.119. The standard InChI is InChI=1S/C15H11ClFN3OS/c16-11-6-9(1-2-12(11)17)5-10-7-19-14(22-10)20-13(21)15(8-18)3-4-15/h1-2,6-7H,3-5H2,(H,19,20,21). The van der Waals surface area contributed by atoms with Gasteiger partial charge < -0.3 is 5.32 Å². The minimum atomic E-state index is -0.865. The van der Waals surface area contributed by atoms with E-state index in [4.69, 9.17) is 16.9 Å². The highest BCUT2D eigenvalue weighted by Gasteiger charge is 2.50. The molecule has 1 aliphatic rings. The number of thiazole rings is 1. The van der Waals surface area contributed by atoms with Crippen molar-refractivity contribution < 1.29 is 9.18 Å². The molecule has 1 heterocycles. The molecule has 1 saturated carbocycles. The quantitative estimate of drug-likeness (QED) is 0.924. The van der Waals surface area contributed by atoms with Crippen molar-refractivity contribution in [2.75, 3.05) is 5.32 Å². The van der Waals surface area contributed by atoms with Gasteiger partial charge in [0.15, 0.2) is 5.13 Å². The molecule has 4 nitrogen and oxygen atoms in total. The topological polar surface area (TPSA) is 65.8 Å². The zero-order valence-electron chi connectivity index (χ0n) is 11.4. The van der Waals surface area contributed by atoms with Crippen LogP contribution in [0, 0.1) is 22.6 Å². The van der Waals surface area contributed by atoms with Crippen LogP contribution in [0.25, 0.3) is 0 Å². The molecule has 0 aliphatic heterocycles. The number of anilines is 1. The number of benzene rings is 1. The number of carbonyl (C=O) groups is 1. The molecule has 1 amide bonds. The van der Waals surface area contributed by atoms with Crippen LogP contribution in [0.4, 0.5) is 9.52 Å². The van der Waals surface area contributed by atoms with Gasteiger partial charge in [-0.2, -0.15) is 5.26 Å². The minimum Gasteiger partial charge on any atom is -0.301 e. The Morgan fingerprint density at radius 3 is 2.95 bits per heavy atom. The largest absolute Gasteiger partial charge is 0.301 e. The van der Waals surface area contributed by atoms with Crippen LogP contribution in [0.2, 0.25) is 5.02 Å². The molecule has 112 valence electrons. The maximum atomic E-state index is 13.1. The van der Waals surface area contributed by atoms with Gasteiger partial charge >= 0.3 is 0 Å². The van der Waals surface area contributed by atoms with Crippen molar-refractivity contribution in [1.82, 2.24) is 4.98 Å². The summed E-state index contributed by atoms with van der Waals surface area (Å²) in [5.74, 6) is -0.741. The molecule has 1 N–H and O–H groups in total. The number of aromatic nitrogens is 1. The van der Waals surface area contributed by atoms with Crippen molar-refractivity contribution in [2.24, 2.45) is 5.41 Å². The maximum Gasteiger partial charge on any atom is 0.246 e. The second-order valence-electron chi connectivity index (χ2n) is 5.20. The SMILES string of the molecule is N#CC1(C(=O)Nc2ncc(Cc3ccc(F)c(Cl)c3)s2)CC1. The van der Waals surface area contributed by atoms with E-state index in [9.17, 15) is 9.18 Å². The summed E-state index contributed by atoms with van der Waals surface area (Å²) >= 11 is 7.08. The average molecular weight is 336 g/mol. The first-order valence-electron chi connectivity index (χ1n) is 6.64. The summed E-state index contributed by atoms with van der Waals surface area (Å²) in [7, 11) is 0. The Hall–Kier alpha value is -1.97. The molecular formula is C15H11ClFN3OS. The molecule has 0 radical (unpaired) electrons. The summed E-state index contributed by atoms with van der Waals surface area (Å²) in [5, 5.41) is 12.2. The van der Waals surface area contributed by atoms with Gasteiger partial charge in [0.25, 0.3) is 0 Å². The predicted molar refractivity (Wildman–Crippen MR) is 82.2 cm³/mol. The molecule has 3 rings (SSSR count). The first-order valence-corrected chi connectivity index (χ1v) is 7.83. The molecule has 0 bridgehead atoms. The zero-order valence-corrected chi connectivity index (χ0v) is 13.0. The van der Waals surface area contributed by atoms with Gasteiger partial charge in [-0.05, 0) is 30.5 Å². The lowest BCUT2D eigenvalue weighted by Gasteiger charge is -2.04. The smallest absolute Gasteiger partial charge is 0.246 e. The average Bonchev–Trinajstić information content (AvgIpc) is 3.19. The summed E-state index contributed by atoms with van der Waals surface area (Å²) in [6, 6.07) is 6.60. The molecular weight excluding hydrogens is 325 g/mol. The number of nitriles is 1. The van der Waals surface area contributed by atoms with E-state index >= 15 is 0 Å². The van der Waals surface area contributed by atoms with E-state index in [1.165, 1.54) is 17.4 Å². The molecule has 2 aromatic rings. The van der Waals surface area contributed by atoms with Crippen molar-refractivity contribution in [3.63, 3.8) is 0 Å². The fraction of sp³-hybridized carbons (Fsp3) is 0.267. The van der Waals surface area contributed by atoms with E-state index in [0.717, 1.165) is 10.4 Å². The van der Waals surface area contributed by atoms with Gasteiger partial charge in [0.05, 0.1) is 11.1 Å². The fourth-order valence-electron chi connectivity index (χ4n) is 2.03. The van der Waals surface area contributed by atoms with Crippen LogP contribution in [-0.2, 0) is 11.2 Å². The number of nitrogens with zero attached hydrogens (tertiary/aromatic N) is 2. The maximum absolute atomic E-state index is 13.1. The monoisotopic (exact) mass is 335 g/mol. The number of nitrogens with one attached hydrogen (secondary N) is 1. The number of hydrogen-bond donors (Lipinski definition) is 1. The molecule has 0 saturated heterocycles. The Balaban J connectivity index is 1.67. The van der Waals surface area contributed by atoms with Crippen molar-refractivity contribution >= 4 is 34.0 Å². The first kappa shape index (κ1) is 14.9. The molecule has 1 aliphatic carbocycles. The van der Waals surface area contributed by atoms with Crippen molar-refractivity contribution in [3.05, 3.63) is 45.7 Å². The number of amides is 1. The summed E-state index contributed by atoms with van der Waals surface area (Å²) in [5.41, 5.74) is -0.000308. The third-order valence-corrected chi connectivity index (χ3v) is 4.74. The summed E-state index contributed by atoms with van der Waals surface area (Å²) in [6.07, 6.45) is 3.41. The number of halogens is 2. The third-order valence-electron chi connectivity index (χ3n) is 3.54. The molecule has 1 aromatic heterocycles. The Kier molecular flexibility index (Phi) is 3.85. The van der Waals surface area contributed by atoms with E-state index in [-0.39, 0.29) is 10.9 Å². The summed E-state index contributed by atoms with van der Waals surface area (Å²) < 4.78 is 13.1. The van der Waals surface area contributed by atoms with Gasteiger partial charge in [-0.15, -0.1) is 11.3 Å². The molecule has 0 spiro atoms. The minimum absolute atomic E-state index is 0.0836. The highest BCUT2D eigenvalue weighted by molar-refractivity contribution is 7.15. The number of hydrogen-bond acceptors (Lipinski definition) is 4. The van der Waals surface area contributed by atoms with E-state index < -0.39 is 11.2 Å². The Morgan fingerprint density at radius 1 is 1.55 bits per heavy atom. The first-order chi connectivity index (χ1) is 10.5. The summed E-state index contributed by atoms with van der Waals surface area (Å²) in [6.45, 7) is 0. The van der Waals surface area contributed by atoms with Crippen LogP contribution in [-0.4, -0.2) is 10.9 Å². The van der Waals surface area contributed by atoms with E-state index in [1.54, 1.807) is 18.3 Å². The van der Waals surface area contributed by atoms with Crippen LogP contribution in [0.1, 0.15) is 23.3 Å². The predicted octanol–water partition coefficient (Wildman–Crippen LogP) is 3.77. The van der Waals surface area contributed by atoms with Crippen LogP contribution < -0.4 is 5.32 Å². The molecule has 0 unspecified atom stereocenters. The van der Waals surface area contributed by atoms with Crippen molar-refractivity contribution in [2.45, 2.75) is 19.3 Å². The van der Waals surface area contributed by atoms with Crippen LogP contribution >= 0.6 is 22.9 Å². The molecule has 22 heavy (non-hydrogen) atoms.